The quantitative estimate of drug-likeness (QED) is 0.792. The highest BCUT2D eigenvalue weighted by Gasteiger charge is 2.25. The van der Waals surface area contributed by atoms with Crippen molar-refractivity contribution in [1.82, 2.24) is 4.90 Å². The zero-order valence-corrected chi connectivity index (χ0v) is 11.2. The first kappa shape index (κ1) is 14.5. The van der Waals surface area contributed by atoms with Crippen LogP contribution in [0.3, 0.4) is 0 Å². The van der Waals surface area contributed by atoms with Gasteiger partial charge in [0.15, 0.2) is 0 Å². The minimum absolute atomic E-state index is 0.0622. The van der Waals surface area contributed by atoms with Crippen LogP contribution in [0, 0.1) is 5.92 Å². The number of hydrogen-bond donors (Lipinski definition) is 1. The lowest BCUT2D eigenvalue weighted by molar-refractivity contribution is -0.141. The summed E-state index contributed by atoms with van der Waals surface area (Å²) in [6.45, 7) is 4.22. The van der Waals surface area contributed by atoms with E-state index in [1.807, 2.05) is 4.90 Å². The molecular weight excluding hydrogens is 216 g/mol. The summed E-state index contributed by atoms with van der Waals surface area (Å²) in [6, 6.07) is 0. The number of carbonyl (C=O) groups excluding carboxylic acids is 1. The molecule has 0 aromatic heterocycles. The fraction of sp³-hybridized carbons (Fsp3) is 0.923. The topological polar surface area (TPSA) is 55.6 Å². The van der Waals surface area contributed by atoms with Crippen molar-refractivity contribution in [3.05, 3.63) is 0 Å². The summed E-state index contributed by atoms with van der Waals surface area (Å²) in [7, 11) is 1.55. The van der Waals surface area contributed by atoms with Gasteiger partial charge in [-0.15, -0.1) is 0 Å². The smallest absolute Gasteiger partial charge is 0.253 e. The van der Waals surface area contributed by atoms with Gasteiger partial charge in [-0.05, 0) is 25.2 Å². The number of hydrogen-bond acceptors (Lipinski definition) is 3. The van der Waals surface area contributed by atoms with Crippen LogP contribution >= 0.6 is 0 Å². The van der Waals surface area contributed by atoms with Crippen LogP contribution in [0.5, 0.6) is 0 Å². The monoisotopic (exact) mass is 242 g/mol. The average molecular weight is 242 g/mol. The SMILES string of the molecule is CCCC1CCCN(C(=O)C(CN)OC)CC1. The Morgan fingerprint density at radius 2 is 2.24 bits per heavy atom. The summed E-state index contributed by atoms with van der Waals surface area (Å²) in [6.07, 6.45) is 5.54. The molecule has 17 heavy (non-hydrogen) atoms. The highest BCUT2D eigenvalue weighted by atomic mass is 16.5. The molecule has 0 aromatic rings. The molecular formula is C13H26N2O2. The molecule has 0 bridgehead atoms. The van der Waals surface area contributed by atoms with Gasteiger partial charge in [0.05, 0.1) is 0 Å². The van der Waals surface area contributed by atoms with E-state index in [1.165, 1.54) is 19.3 Å². The standard InChI is InChI=1S/C13H26N2O2/c1-3-5-11-6-4-8-15(9-7-11)13(16)12(10-14)17-2/h11-12H,3-10,14H2,1-2H3. The summed E-state index contributed by atoms with van der Waals surface area (Å²) >= 11 is 0. The van der Waals surface area contributed by atoms with Crippen molar-refractivity contribution in [2.24, 2.45) is 11.7 Å². The maximum atomic E-state index is 12.1. The first-order chi connectivity index (χ1) is 8.22. The molecule has 1 amide bonds. The lowest BCUT2D eigenvalue weighted by Gasteiger charge is -2.24. The Bertz CT molecular complexity index is 229. The van der Waals surface area contributed by atoms with Crippen molar-refractivity contribution in [1.29, 1.82) is 0 Å². The molecule has 4 nitrogen and oxygen atoms in total. The number of ether oxygens (including phenoxy) is 1. The predicted octanol–water partition coefficient (Wildman–Crippen LogP) is 1.39. The number of methoxy groups -OCH3 is 1. The molecule has 1 saturated heterocycles. The molecule has 100 valence electrons. The Kier molecular flexibility index (Phi) is 6.52. The van der Waals surface area contributed by atoms with E-state index in [9.17, 15) is 4.79 Å². The zero-order chi connectivity index (χ0) is 12.7. The Labute approximate surface area is 104 Å². The Hall–Kier alpha value is -0.610. The molecule has 1 rings (SSSR count). The minimum Gasteiger partial charge on any atom is -0.370 e. The largest absolute Gasteiger partial charge is 0.370 e. The van der Waals surface area contributed by atoms with E-state index in [0.29, 0.717) is 0 Å². The van der Waals surface area contributed by atoms with Crippen molar-refractivity contribution in [3.63, 3.8) is 0 Å². The van der Waals surface area contributed by atoms with E-state index in [0.717, 1.165) is 31.8 Å². The van der Waals surface area contributed by atoms with Gasteiger partial charge in [0.2, 0.25) is 0 Å². The molecule has 0 saturated carbocycles. The molecule has 1 heterocycles. The van der Waals surface area contributed by atoms with Crippen LogP contribution in [0.15, 0.2) is 0 Å². The van der Waals surface area contributed by atoms with Gasteiger partial charge in [-0.25, -0.2) is 0 Å². The van der Waals surface area contributed by atoms with Gasteiger partial charge in [-0.3, -0.25) is 4.79 Å². The highest BCUT2D eigenvalue weighted by molar-refractivity contribution is 5.81. The first-order valence-corrected chi connectivity index (χ1v) is 6.74. The van der Waals surface area contributed by atoms with Gasteiger partial charge in [0.25, 0.3) is 5.91 Å². The molecule has 4 heteroatoms. The van der Waals surface area contributed by atoms with Gasteiger partial charge in [0, 0.05) is 26.7 Å². The number of nitrogens with zero attached hydrogens (tertiary/aromatic N) is 1. The van der Waals surface area contributed by atoms with Crippen molar-refractivity contribution in [3.8, 4) is 0 Å². The van der Waals surface area contributed by atoms with Crippen LogP contribution in [0.1, 0.15) is 39.0 Å². The summed E-state index contributed by atoms with van der Waals surface area (Å²) in [5.74, 6) is 0.851. The molecule has 2 N–H and O–H groups in total. The van der Waals surface area contributed by atoms with Gasteiger partial charge < -0.3 is 15.4 Å². The summed E-state index contributed by atoms with van der Waals surface area (Å²) < 4.78 is 5.11. The third-order valence-corrected chi connectivity index (χ3v) is 3.63. The van der Waals surface area contributed by atoms with E-state index in [4.69, 9.17) is 10.5 Å². The molecule has 0 radical (unpaired) electrons. The summed E-state index contributed by atoms with van der Waals surface area (Å²) in [5, 5.41) is 0. The van der Waals surface area contributed by atoms with E-state index < -0.39 is 6.10 Å². The second-order valence-corrected chi connectivity index (χ2v) is 4.87. The molecule has 2 unspecified atom stereocenters. The first-order valence-electron chi connectivity index (χ1n) is 6.74. The van der Waals surface area contributed by atoms with E-state index >= 15 is 0 Å². The van der Waals surface area contributed by atoms with E-state index in [1.54, 1.807) is 7.11 Å². The van der Waals surface area contributed by atoms with Crippen molar-refractivity contribution >= 4 is 5.91 Å². The number of nitrogens with two attached hydrogens (primary N) is 1. The fourth-order valence-electron chi connectivity index (χ4n) is 2.58. The van der Waals surface area contributed by atoms with Crippen molar-refractivity contribution in [2.45, 2.75) is 45.1 Å². The molecule has 1 fully saturated rings. The van der Waals surface area contributed by atoms with Gasteiger partial charge in [-0.1, -0.05) is 19.8 Å². The van der Waals surface area contributed by atoms with Crippen LogP contribution in [0.25, 0.3) is 0 Å². The highest BCUT2D eigenvalue weighted by Crippen LogP contribution is 2.22. The maximum absolute atomic E-state index is 12.1. The lowest BCUT2D eigenvalue weighted by atomic mass is 9.96. The Morgan fingerprint density at radius 1 is 1.47 bits per heavy atom. The normalized spacial score (nSPS) is 23.2. The van der Waals surface area contributed by atoms with E-state index in [-0.39, 0.29) is 12.5 Å². The molecule has 1 aliphatic heterocycles. The average Bonchev–Trinajstić information content (AvgIpc) is 2.57. The van der Waals surface area contributed by atoms with E-state index in [2.05, 4.69) is 6.92 Å². The number of likely N-dealkylation sites (tertiary alicyclic amines) is 1. The zero-order valence-electron chi connectivity index (χ0n) is 11.2. The van der Waals surface area contributed by atoms with Crippen LogP contribution in [-0.2, 0) is 9.53 Å². The maximum Gasteiger partial charge on any atom is 0.253 e. The Morgan fingerprint density at radius 3 is 2.82 bits per heavy atom. The van der Waals surface area contributed by atoms with Crippen LogP contribution in [0.4, 0.5) is 0 Å². The van der Waals surface area contributed by atoms with Crippen LogP contribution in [0.2, 0.25) is 0 Å². The van der Waals surface area contributed by atoms with Gasteiger partial charge in [-0.2, -0.15) is 0 Å². The molecule has 0 spiro atoms. The summed E-state index contributed by atoms with van der Waals surface area (Å²) in [4.78, 5) is 14.0. The number of carbonyl (C=O) groups is 1. The lowest BCUT2D eigenvalue weighted by Crippen LogP contribution is -2.44. The van der Waals surface area contributed by atoms with Crippen LogP contribution < -0.4 is 5.73 Å². The fourth-order valence-corrected chi connectivity index (χ4v) is 2.58. The third-order valence-electron chi connectivity index (χ3n) is 3.63. The molecule has 0 aromatic carbocycles. The molecule has 1 aliphatic rings. The number of amides is 1. The minimum atomic E-state index is -0.460. The summed E-state index contributed by atoms with van der Waals surface area (Å²) in [5.41, 5.74) is 5.53. The molecule has 2 atom stereocenters. The third kappa shape index (κ3) is 4.28. The Balaban J connectivity index is 2.47. The second kappa shape index (κ2) is 7.67. The predicted molar refractivity (Wildman–Crippen MR) is 68.7 cm³/mol. The van der Waals surface area contributed by atoms with Crippen molar-refractivity contribution < 1.29 is 9.53 Å². The molecule has 0 aliphatic carbocycles. The second-order valence-electron chi connectivity index (χ2n) is 4.87. The van der Waals surface area contributed by atoms with Gasteiger partial charge in [0.1, 0.15) is 6.10 Å². The number of rotatable bonds is 5. The van der Waals surface area contributed by atoms with Crippen LogP contribution in [-0.4, -0.2) is 43.7 Å². The van der Waals surface area contributed by atoms with Crippen molar-refractivity contribution in [2.75, 3.05) is 26.7 Å². The van der Waals surface area contributed by atoms with Gasteiger partial charge >= 0.3 is 0 Å².